The first kappa shape index (κ1) is 14.3. The van der Waals surface area contributed by atoms with Gasteiger partial charge in [-0.25, -0.2) is 4.98 Å². The van der Waals surface area contributed by atoms with E-state index in [2.05, 4.69) is 32.6 Å². The molecule has 3 unspecified atom stereocenters. The molecule has 3 nitrogen and oxygen atoms in total. The molecule has 1 aromatic heterocycles. The van der Waals surface area contributed by atoms with Crippen molar-refractivity contribution in [2.45, 2.75) is 53.1 Å². The molecule has 0 spiro atoms. The first-order valence-electron chi connectivity index (χ1n) is 7.78. The Kier molecular flexibility index (Phi) is 3.57. The van der Waals surface area contributed by atoms with Crippen molar-refractivity contribution in [3.8, 4) is 0 Å². The van der Waals surface area contributed by atoms with Gasteiger partial charge >= 0.3 is 0 Å². The Morgan fingerprint density at radius 3 is 2.75 bits per heavy atom. The van der Waals surface area contributed by atoms with Crippen LogP contribution in [-0.2, 0) is 6.42 Å². The van der Waals surface area contributed by atoms with Crippen LogP contribution in [0.25, 0.3) is 0 Å². The second-order valence-electron chi connectivity index (χ2n) is 7.56. The third-order valence-corrected chi connectivity index (χ3v) is 6.28. The Hall–Kier alpha value is -0.610. The molecular weight excluding hydrogens is 268 g/mol. The van der Waals surface area contributed by atoms with E-state index in [-0.39, 0.29) is 11.5 Å². The molecule has 1 fully saturated rings. The number of thiazole rings is 1. The predicted octanol–water partition coefficient (Wildman–Crippen LogP) is 3.63. The summed E-state index contributed by atoms with van der Waals surface area (Å²) in [5.74, 6) is 1.54. The van der Waals surface area contributed by atoms with Crippen LogP contribution in [0.4, 0.5) is 5.13 Å². The van der Waals surface area contributed by atoms with Gasteiger partial charge in [0.15, 0.2) is 5.13 Å². The highest BCUT2D eigenvalue weighted by atomic mass is 32.1. The summed E-state index contributed by atoms with van der Waals surface area (Å²) in [6.45, 7) is 11.3. The maximum absolute atomic E-state index is 10.4. The van der Waals surface area contributed by atoms with Gasteiger partial charge in [0.1, 0.15) is 0 Å². The Labute approximate surface area is 126 Å². The lowest BCUT2D eigenvalue weighted by molar-refractivity contribution is 0.102. The van der Waals surface area contributed by atoms with E-state index in [1.807, 2.05) is 0 Å². The topological polar surface area (TPSA) is 36.4 Å². The number of anilines is 1. The minimum absolute atomic E-state index is 0.168. The normalized spacial score (nSPS) is 33.0. The zero-order chi connectivity index (χ0) is 14.5. The SMILES string of the molecule is CC1CCN(c2nc3c(s2)C(O)CC(C)(C)C3)CC1C. The van der Waals surface area contributed by atoms with Crippen molar-refractivity contribution in [3.63, 3.8) is 0 Å². The van der Waals surface area contributed by atoms with Crippen molar-refractivity contribution in [2.24, 2.45) is 17.3 Å². The summed E-state index contributed by atoms with van der Waals surface area (Å²) in [6.07, 6.45) is 2.78. The van der Waals surface area contributed by atoms with E-state index in [9.17, 15) is 5.11 Å². The van der Waals surface area contributed by atoms with Crippen molar-refractivity contribution in [2.75, 3.05) is 18.0 Å². The molecule has 0 aromatic carbocycles. The maximum atomic E-state index is 10.4. The molecule has 0 saturated carbocycles. The average molecular weight is 294 g/mol. The molecule has 1 aromatic rings. The van der Waals surface area contributed by atoms with Crippen LogP contribution < -0.4 is 4.90 Å². The number of rotatable bonds is 1. The summed E-state index contributed by atoms with van der Waals surface area (Å²) in [4.78, 5) is 8.40. The van der Waals surface area contributed by atoms with Crippen LogP contribution in [0.5, 0.6) is 0 Å². The van der Waals surface area contributed by atoms with Crippen LogP contribution in [0.1, 0.15) is 57.2 Å². The van der Waals surface area contributed by atoms with Crippen LogP contribution in [-0.4, -0.2) is 23.2 Å². The number of nitrogens with zero attached hydrogens (tertiary/aromatic N) is 2. The monoisotopic (exact) mass is 294 g/mol. The third kappa shape index (κ3) is 2.60. The van der Waals surface area contributed by atoms with Crippen LogP contribution in [0.2, 0.25) is 0 Å². The Balaban J connectivity index is 1.83. The maximum Gasteiger partial charge on any atom is 0.185 e. The molecule has 2 heterocycles. The summed E-state index contributed by atoms with van der Waals surface area (Å²) >= 11 is 1.72. The number of piperidine rings is 1. The van der Waals surface area contributed by atoms with Gasteiger partial charge in [0.2, 0.25) is 0 Å². The molecule has 20 heavy (non-hydrogen) atoms. The second kappa shape index (κ2) is 4.99. The summed E-state index contributed by atoms with van der Waals surface area (Å²) in [7, 11) is 0. The molecule has 3 rings (SSSR count). The molecule has 1 saturated heterocycles. The number of hydrogen-bond donors (Lipinski definition) is 1. The number of aromatic nitrogens is 1. The molecule has 1 aliphatic carbocycles. The smallest absolute Gasteiger partial charge is 0.185 e. The zero-order valence-electron chi connectivity index (χ0n) is 13.0. The largest absolute Gasteiger partial charge is 0.387 e. The molecular formula is C16H26N2OS. The molecule has 1 aliphatic heterocycles. The van der Waals surface area contributed by atoms with Gasteiger partial charge in [0.25, 0.3) is 0 Å². The minimum Gasteiger partial charge on any atom is -0.387 e. The third-order valence-electron chi connectivity index (χ3n) is 5.02. The van der Waals surface area contributed by atoms with Crippen molar-refractivity contribution in [1.29, 1.82) is 0 Å². The first-order chi connectivity index (χ1) is 9.35. The van der Waals surface area contributed by atoms with Crippen LogP contribution in [0.3, 0.4) is 0 Å². The van der Waals surface area contributed by atoms with Crippen LogP contribution >= 0.6 is 11.3 Å². The average Bonchev–Trinajstić information content (AvgIpc) is 2.75. The van der Waals surface area contributed by atoms with Gasteiger partial charge in [-0.1, -0.05) is 39.0 Å². The summed E-state index contributed by atoms with van der Waals surface area (Å²) in [5, 5.41) is 11.5. The highest BCUT2D eigenvalue weighted by Crippen LogP contribution is 2.45. The van der Waals surface area contributed by atoms with Gasteiger partial charge in [-0.3, -0.25) is 0 Å². The summed E-state index contributed by atoms with van der Waals surface area (Å²) in [5.41, 5.74) is 1.31. The lowest BCUT2D eigenvalue weighted by atomic mass is 9.77. The van der Waals surface area contributed by atoms with Gasteiger partial charge < -0.3 is 10.0 Å². The fourth-order valence-electron chi connectivity index (χ4n) is 3.45. The van der Waals surface area contributed by atoms with E-state index in [4.69, 9.17) is 4.98 Å². The van der Waals surface area contributed by atoms with Crippen molar-refractivity contribution >= 4 is 16.5 Å². The van der Waals surface area contributed by atoms with Gasteiger partial charge in [0.05, 0.1) is 16.7 Å². The summed E-state index contributed by atoms with van der Waals surface area (Å²) < 4.78 is 0. The van der Waals surface area contributed by atoms with E-state index < -0.39 is 0 Å². The van der Waals surface area contributed by atoms with E-state index in [1.54, 1.807) is 11.3 Å². The highest BCUT2D eigenvalue weighted by Gasteiger charge is 2.35. The highest BCUT2D eigenvalue weighted by molar-refractivity contribution is 7.15. The standard InChI is InChI=1S/C16H26N2OS/c1-10-5-6-18(9-11(10)2)15-17-12-7-16(3,4)8-13(19)14(12)20-15/h10-11,13,19H,5-9H2,1-4H3. The van der Waals surface area contributed by atoms with Crippen molar-refractivity contribution < 1.29 is 5.11 Å². The first-order valence-corrected chi connectivity index (χ1v) is 8.60. The van der Waals surface area contributed by atoms with E-state index in [0.717, 1.165) is 53.5 Å². The number of aliphatic hydroxyl groups excluding tert-OH is 1. The number of aliphatic hydroxyl groups is 1. The van der Waals surface area contributed by atoms with E-state index in [0.29, 0.717) is 0 Å². The van der Waals surface area contributed by atoms with E-state index in [1.165, 1.54) is 6.42 Å². The predicted molar refractivity (Wildman–Crippen MR) is 84.3 cm³/mol. The van der Waals surface area contributed by atoms with E-state index >= 15 is 0 Å². The molecule has 3 atom stereocenters. The lowest BCUT2D eigenvalue weighted by Crippen LogP contribution is -2.38. The molecule has 1 N–H and O–H groups in total. The molecule has 4 heteroatoms. The Bertz CT molecular complexity index is 497. The molecule has 0 radical (unpaired) electrons. The minimum atomic E-state index is -0.318. The van der Waals surface area contributed by atoms with Crippen molar-refractivity contribution in [3.05, 3.63) is 10.6 Å². The Morgan fingerprint density at radius 2 is 2.05 bits per heavy atom. The van der Waals surface area contributed by atoms with Gasteiger partial charge in [-0.2, -0.15) is 0 Å². The fraction of sp³-hybridized carbons (Fsp3) is 0.812. The zero-order valence-corrected chi connectivity index (χ0v) is 13.8. The van der Waals surface area contributed by atoms with Gasteiger partial charge in [0, 0.05) is 13.1 Å². The van der Waals surface area contributed by atoms with Gasteiger partial charge in [-0.05, 0) is 36.5 Å². The Morgan fingerprint density at radius 1 is 1.30 bits per heavy atom. The molecule has 112 valence electrons. The summed E-state index contributed by atoms with van der Waals surface area (Å²) in [6, 6.07) is 0. The number of hydrogen-bond acceptors (Lipinski definition) is 4. The fourth-order valence-corrected chi connectivity index (χ4v) is 4.55. The van der Waals surface area contributed by atoms with Crippen LogP contribution in [0.15, 0.2) is 0 Å². The van der Waals surface area contributed by atoms with Crippen molar-refractivity contribution in [1.82, 2.24) is 4.98 Å². The second-order valence-corrected chi connectivity index (χ2v) is 8.57. The quantitative estimate of drug-likeness (QED) is 0.859. The molecule has 2 aliphatic rings. The molecule has 0 bridgehead atoms. The van der Waals surface area contributed by atoms with Gasteiger partial charge in [-0.15, -0.1) is 0 Å². The number of fused-ring (bicyclic) bond motifs is 1. The molecule has 0 amide bonds. The lowest BCUT2D eigenvalue weighted by Gasteiger charge is -2.35. The van der Waals surface area contributed by atoms with Crippen LogP contribution in [0, 0.1) is 17.3 Å².